The number of methoxy groups -OCH3 is 1. The largest absolute Gasteiger partial charge is 0.433 e. The van der Waals surface area contributed by atoms with Crippen molar-refractivity contribution >= 4 is 29.1 Å². The molecule has 2 aromatic rings. The zero-order valence-corrected chi connectivity index (χ0v) is 21.0. The van der Waals surface area contributed by atoms with E-state index in [9.17, 15) is 22.0 Å². The van der Waals surface area contributed by atoms with Crippen LogP contribution >= 0.6 is 23.4 Å². The third kappa shape index (κ3) is 5.79. The molecule has 2 aliphatic rings. The standard InChI is InChI=1S/C22H23ClF5N5O3S/c1-9-3-11(6-31-20(9)22(26,27)28)37-21-19(34-2)17(18-15(35-21)7-32-36-18)33(30)8-14(29)10-4-12(24)16(23)13(25)5-10/h3-6,8,15,17-19,21,32H,7,29-30H2,1-2H3/b14-8-. The van der Waals surface area contributed by atoms with E-state index in [1.165, 1.54) is 31.3 Å². The highest BCUT2D eigenvalue weighted by Crippen LogP contribution is 2.39. The van der Waals surface area contributed by atoms with E-state index in [0.717, 1.165) is 30.1 Å². The second-order valence-corrected chi connectivity index (χ2v) is 9.95. The summed E-state index contributed by atoms with van der Waals surface area (Å²) in [5.74, 6) is 4.36. The smallest absolute Gasteiger partial charge is 0.397 e. The fraction of sp³-hybridized carbons (Fsp3) is 0.409. The van der Waals surface area contributed by atoms with Crippen molar-refractivity contribution < 1.29 is 36.3 Å². The molecule has 0 saturated carbocycles. The van der Waals surface area contributed by atoms with Crippen LogP contribution in [0.3, 0.4) is 0 Å². The van der Waals surface area contributed by atoms with E-state index in [4.69, 9.17) is 37.5 Å². The molecule has 2 saturated heterocycles. The minimum atomic E-state index is -4.57. The van der Waals surface area contributed by atoms with Gasteiger partial charge in [-0.05, 0) is 30.7 Å². The molecule has 2 aliphatic heterocycles. The molecule has 5 unspecified atom stereocenters. The summed E-state index contributed by atoms with van der Waals surface area (Å²) in [4.78, 5) is 9.60. The van der Waals surface area contributed by atoms with Crippen molar-refractivity contribution in [3.05, 3.63) is 64.1 Å². The van der Waals surface area contributed by atoms with Crippen molar-refractivity contribution in [3.63, 3.8) is 0 Å². The fourth-order valence-electron chi connectivity index (χ4n) is 4.20. The number of nitrogens with zero attached hydrogens (tertiary/aromatic N) is 2. The number of nitrogens with one attached hydrogen (secondary N) is 1. The predicted molar refractivity (Wildman–Crippen MR) is 126 cm³/mol. The lowest BCUT2D eigenvalue weighted by molar-refractivity contribution is -0.172. The maximum absolute atomic E-state index is 13.9. The first kappa shape index (κ1) is 27.8. The van der Waals surface area contributed by atoms with Gasteiger partial charge in [-0.1, -0.05) is 23.4 Å². The maximum Gasteiger partial charge on any atom is 0.433 e. The van der Waals surface area contributed by atoms with Crippen molar-refractivity contribution in [2.75, 3.05) is 13.7 Å². The van der Waals surface area contributed by atoms with Crippen molar-refractivity contribution in [1.82, 2.24) is 15.5 Å². The molecule has 5 atom stereocenters. The zero-order chi connectivity index (χ0) is 27.1. The molecule has 0 radical (unpaired) electrons. The van der Waals surface area contributed by atoms with Crippen LogP contribution in [0.5, 0.6) is 0 Å². The van der Waals surface area contributed by atoms with E-state index in [-0.39, 0.29) is 16.8 Å². The van der Waals surface area contributed by atoms with Crippen LogP contribution in [0, 0.1) is 18.6 Å². The summed E-state index contributed by atoms with van der Waals surface area (Å²) in [6.45, 7) is 1.63. The number of alkyl halides is 3. The number of benzene rings is 1. The number of fused-ring (bicyclic) bond motifs is 1. The number of aromatic nitrogens is 1. The van der Waals surface area contributed by atoms with Crippen LogP contribution in [-0.2, 0) is 20.5 Å². The summed E-state index contributed by atoms with van der Waals surface area (Å²) in [6, 6.07) is 2.58. The minimum absolute atomic E-state index is 0.00937. The van der Waals surface area contributed by atoms with Crippen LogP contribution in [0.25, 0.3) is 5.70 Å². The van der Waals surface area contributed by atoms with Gasteiger partial charge in [0.15, 0.2) is 0 Å². The Balaban J connectivity index is 1.61. The van der Waals surface area contributed by atoms with Gasteiger partial charge >= 0.3 is 6.18 Å². The SMILES string of the molecule is COC1C(Sc2cnc(C(F)(F)F)c(C)c2)OC2CNOC2C1N(N)/C=C(\N)c1cc(F)c(Cl)c(F)c1. The highest BCUT2D eigenvalue weighted by molar-refractivity contribution is 7.99. The lowest BCUT2D eigenvalue weighted by atomic mass is 9.97. The normalized spacial score (nSPS) is 26.3. The van der Waals surface area contributed by atoms with Gasteiger partial charge in [-0.3, -0.25) is 9.82 Å². The van der Waals surface area contributed by atoms with Crippen LogP contribution in [0.15, 0.2) is 35.5 Å². The number of aryl methyl sites for hydroxylation is 1. The molecule has 202 valence electrons. The van der Waals surface area contributed by atoms with Crippen LogP contribution in [0.4, 0.5) is 22.0 Å². The topological polar surface area (TPSA) is 108 Å². The molecule has 4 rings (SSSR count). The number of rotatable bonds is 6. The summed E-state index contributed by atoms with van der Waals surface area (Å²) >= 11 is 6.66. The molecule has 37 heavy (non-hydrogen) atoms. The van der Waals surface area contributed by atoms with Gasteiger partial charge in [-0.25, -0.2) is 14.6 Å². The quantitative estimate of drug-likeness (QED) is 0.209. The molecule has 5 N–H and O–H groups in total. The first-order valence-electron chi connectivity index (χ1n) is 10.8. The summed E-state index contributed by atoms with van der Waals surface area (Å²) < 4.78 is 79.0. The average molecular weight is 568 g/mol. The molecule has 2 fully saturated rings. The van der Waals surface area contributed by atoms with Gasteiger partial charge < -0.3 is 20.2 Å². The number of hydrogen-bond acceptors (Lipinski definition) is 9. The number of thioether (sulfide) groups is 1. The number of hydroxylamine groups is 1. The lowest BCUT2D eigenvalue weighted by Gasteiger charge is -2.45. The van der Waals surface area contributed by atoms with Crippen LogP contribution in [0.1, 0.15) is 16.8 Å². The fourth-order valence-corrected chi connectivity index (χ4v) is 5.54. The molecule has 8 nitrogen and oxygen atoms in total. The third-order valence-electron chi connectivity index (χ3n) is 5.92. The Labute approximate surface area is 218 Å². The van der Waals surface area contributed by atoms with E-state index >= 15 is 0 Å². The number of ether oxygens (including phenoxy) is 2. The third-order valence-corrected chi connectivity index (χ3v) is 7.38. The zero-order valence-electron chi connectivity index (χ0n) is 19.4. The van der Waals surface area contributed by atoms with Gasteiger partial charge in [0, 0.05) is 30.0 Å². The Morgan fingerprint density at radius 3 is 2.57 bits per heavy atom. The van der Waals surface area contributed by atoms with Crippen molar-refractivity contribution in [3.8, 4) is 0 Å². The maximum atomic E-state index is 13.9. The number of halogens is 6. The van der Waals surface area contributed by atoms with Crippen LogP contribution in [0.2, 0.25) is 5.02 Å². The lowest BCUT2D eigenvalue weighted by Crippen LogP contribution is -2.63. The van der Waals surface area contributed by atoms with Gasteiger partial charge in [-0.2, -0.15) is 18.7 Å². The average Bonchev–Trinajstić information content (AvgIpc) is 3.28. The first-order valence-corrected chi connectivity index (χ1v) is 12.1. The summed E-state index contributed by atoms with van der Waals surface area (Å²) in [6.07, 6.45) is -4.10. The molecule has 3 heterocycles. The Kier molecular flexibility index (Phi) is 8.19. The number of pyridine rings is 1. The minimum Gasteiger partial charge on any atom is -0.397 e. The Hall–Kier alpha value is -2.20. The summed E-state index contributed by atoms with van der Waals surface area (Å²) in [5, 5.41) is 0.538. The van der Waals surface area contributed by atoms with Crippen molar-refractivity contribution in [2.45, 2.75) is 47.8 Å². The first-order chi connectivity index (χ1) is 17.4. The predicted octanol–water partition coefficient (Wildman–Crippen LogP) is 3.58. The Bertz CT molecular complexity index is 1170. The van der Waals surface area contributed by atoms with E-state index in [1.807, 2.05) is 0 Å². The molecular weight excluding hydrogens is 545 g/mol. The number of hydrogen-bond donors (Lipinski definition) is 3. The molecule has 15 heteroatoms. The number of nitrogens with two attached hydrogens (primary N) is 2. The van der Waals surface area contributed by atoms with Crippen LogP contribution in [-0.4, -0.2) is 53.4 Å². The van der Waals surface area contributed by atoms with Gasteiger partial charge in [0.05, 0.1) is 12.2 Å². The van der Waals surface area contributed by atoms with Crippen LogP contribution < -0.4 is 17.1 Å². The Morgan fingerprint density at radius 2 is 1.97 bits per heavy atom. The highest BCUT2D eigenvalue weighted by atomic mass is 35.5. The molecule has 1 aromatic heterocycles. The van der Waals surface area contributed by atoms with Gasteiger partial charge in [0.1, 0.15) is 52.1 Å². The molecule has 0 aliphatic carbocycles. The van der Waals surface area contributed by atoms with E-state index in [0.29, 0.717) is 11.4 Å². The molecule has 0 spiro atoms. The van der Waals surface area contributed by atoms with Crippen molar-refractivity contribution in [2.24, 2.45) is 11.6 Å². The highest BCUT2D eigenvalue weighted by Gasteiger charge is 2.51. The molecule has 1 aromatic carbocycles. The van der Waals surface area contributed by atoms with Crippen molar-refractivity contribution in [1.29, 1.82) is 0 Å². The van der Waals surface area contributed by atoms with E-state index in [2.05, 4.69) is 10.5 Å². The van der Waals surface area contributed by atoms with Gasteiger partial charge in [0.2, 0.25) is 0 Å². The Morgan fingerprint density at radius 1 is 1.30 bits per heavy atom. The molecular formula is C22H23ClF5N5O3S. The second kappa shape index (κ2) is 10.9. The summed E-state index contributed by atoms with van der Waals surface area (Å²) in [7, 11) is 1.42. The molecule has 0 amide bonds. The monoisotopic (exact) mass is 567 g/mol. The van der Waals surface area contributed by atoms with Gasteiger partial charge in [0.25, 0.3) is 0 Å². The number of hydrazine groups is 1. The molecule has 0 bridgehead atoms. The van der Waals surface area contributed by atoms with E-state index < -0.39 is 58.3 Å². The summed E-state index contributed by atoms with van der Waals surface area (Å²) in [5.41, 5.74) is 7.01. The van der Waals surface area contributed by atoms with E-state index in [1.54, 1.807) is 0 Å². The van der Waals surface area contributed by atoms with Gasteiger partial charge in [-0.15, -0.1) is 0 Å². The second-order valence-electron chi connectivity index (χ2n) is 8.40.